The van der Waals surface area contributed by atoms with Gasteiger partial charge in [-0.15, -0.1) is 0 Å². The van der Waals surface area contributed by atoms with E-state index >= 15 is 0 Å². The average molecular weight is 353 g/mol. The molecule has 9 heteroatoms. The molecule has 0 spiro atoms. The first-order valence-corrected chi connectivity index (χ1v) is 6.91. The van der Waals surface area contributed by atoms with E-state index in [4.69, 9.17) is 11.6 Å². The molecule has 0 radical (unpaired) electrons. The Kier molecular flexibility index (Phi) is 5.43. The number of para-hydroxylation sites is 2. The SMILES string of the molecule is O=C(COC(=O)c1ccc(Cl)cc1F)Nc1ccccc1[N+](=O)[O-]. The van der Waals surface area contributed by atoms with E-state index in [2.05, 4.69) is 10.1 Å². The molecule has 0 saturated heterocycles. The first kappa shape index (κ1) is 17.4. The first-order chi connectivity index (χ1) is 11.4. The number of nitro groups is 1. The summed E-state index contributed by atoms with van der Waals surface area (Å²) in [4.78, 5) is 33.6. The Bertz CT molecular complexity index is 812. The van der Waals surface area contributed by atoms with Crippen molar-refractivity contribution < 1.29 is 23.6 Å². The van der Waals surface area contributed by atoms with Crippen LogP contribution in [0.15, 0.2) is 42.5 Å². The average Bonchev–Trinajstić information content (AvgIpc) is 2.53. The van der Waals surface area contributed by atoms with Gasteiger partial charge in [0, 0.05) is 11.1 Å². The van der Waals surface area contributed by atoms with Crippen molar-refractivity contribution in [1.82, 2.24) is 0 Å². The Hall–Kier alpha value is -3.00. The number of esters is 1. The quantitative estimate of drug-likeness (QED) is 0.506. The van der Waals surface area contributed by atoms with Crippen molar-refractivity contribution in [3.8, 4) is 0 Å². The van der Waals surface area contributed by atoms with E-state index in [0.717, 1.165) is 12.1 Å². The number of rotatable bonds is 5. The third-order valence-corrected chi connectivity index (χ3v) is 3.10. The molecule has 124 valence electrons. The standard InChI is InChI=1S/C15H10ClFN2O5/c16-9-5-6-10(11(17)7-9)15(21)24-8-14(20)18-12-3-1-2-4-13(12)19(22)23/h1-7H,8H2,(H,18,20). The number of anilines is 1. The van der Waals surface area contributed by atoms with Gasteiger partial charge in [-0.3, -0.25) is 14.9 Å². The van der Waals surface area contributed by atoms with Crippen LogP contribution in [0.1, 0.15) is 10.4 Å². The van der Waals surface area contributed by atoms with Crippen LogP contribution in [0.5, 0.6) is 0 Å². The summed E-state index contributed by atoms with van der Waals surface area (Å²) < 4.78 is 18.2. The van der Waals surface area contributed by atoms with Crippen LogP contribution in [0.4, 0.5) is 15.8 Å². The molecular weight excluding hydrogens is 343 g/mol. The second-order valence-corrected chi connectivity index (χ2v) is 4.96. The van der Waals surface area contributed by atoms with Crippen molar-refractivity contribution in [3.05, 3.63) is 69.0 Å². The third-order valence-electron chi connectivity index (χ3n) is 2.86. The Labute approximate surface area is 140 Å². The van der Waals surface area contributed by atoms with E-state index < -0.39 is 29.2 Å². The van der Waals surface area contributed by atoms with Crippen molar-refractivity contribution in [2.75, 3.05) is 11.9 Å². The predicted octanol–water partition coefficient (Wildman–Crippen LogP) is 3.18. The second kappa shape index (κ2) is 7.51. The highest BCUT2D eigenvalue weighted by molar-refractivity contribution is 6.30. The molecule has 0 fully saturated rings. The monoisotopic (exact) mass is 352 g/mol. The molecule has 0 saturated carbocycles. The van der Waals surface area contributed by atoms with Crippen LogP contribution in [-0.2, 0) is 9.53 Å². The van der Waals surface area contributed by atoms with E-state index in [0.29, 0.717) is 0 Å². The van der Waals surface area contributed by atoms with Crippen molar-refractivity contribution >= 4 is 34.9 Å². The number of halogens is 2. The fraction of sp³-hybridized carbons (Fsp3) is 0.0667. The van der Waals surface area contributed by atoms with E-state index in [-0.39, 0.29) is 22.0 Å². The number of nitrogens with zero attached hydrogens (tertiary/aromatic N) is 1. The molecule has 1 N–H and O–H groups in total. The molecule has 0 atom stereocenters. The van der Waals surface area contributed by atoms with Gasteiger partial charge >= 0.3 is 5.97 Å². The van der Waals surface area contributed by atoms with Crippen molar-refractivity contribution in [2.24, 2.45) is 0 Å². The van der Waals surface area contributed by atoms with E-state index in [1.54, 1.807) is 0 Å². The number of amides is 1. The molecule has 0 unspecified atom stereocenters. The minimum absolute atomic E-state index is 0.0405. The number of benzene rings is 2. The third kappa shape index (κ3) is 4.26. The zero-order valence-corrected chi connectivity index (χ0v) is 12.7. The van der Waals surface area contributed by atoms with Crippen molar-refractivity contribution in [1.29, 1.82) is 0 Å². The number of carbonyl (C=O) groups excluding carboxylic acids is 2. The van der Waals surface area contributed by atoms with Crippen molar-refractivity contribution in [3.63, 3.8) is 0 Å². The molecule has 2 aromatic carbocycles. The van der Waals surface area contributed by atoms with Crippen LogP contribution in [0.25, 0.3) is 0 Å². The summed E-state index contributed by atoms with van der Waals surface area (Å²) in [7, 11) is 0. The maximum absolute atomic E-state index is 13.6. The van der Waals surface area contributed by atoms with E-state index in [1.807, 2.05) is 0 Å². The minimum atomic E-state index is -1.05. The fourth-order valence-corrected chi connectivity index (χ4v) is 1.95. The Morgan fingerprint density at radius 2 is 1.96 bits per heavy atom. The number of carbonyl (C=O) groups is 2. The highest BCUT2D eigenvalue weighted by atomic mass is 35.5. The largest absolute Gasteiger partial charge is 0.452 e. The number of hydrogen-bond acceptors (Lipinski definition) is 5. The van der Waals surface area contributed by atoms with Gasteiger partial charge in [0.25, 0.3) is 11.6 Å². The Balaban J connectivity index is 1.99. The zero-order chi connectivity index (χ0) is 17.7. The molecule has 2 aromatic rings. The minimum Gasteiger partial charge on any atom is -0.452 e. The lowest BCUT2D eigenvalue weighted by atomic mass is 10.2. The van der Waals surface area contributed by atoms with Gasteiger partial charge < -0.3 is 10.1 Å². The maximum Gasteiger partial charge on any atom is 0.341 e. The van der Waals surface area contributed by atoms with E-state index in [9.17, 15) is 24.1 Å². The van der Waals surface area contributed by atoms with Gasteiger partial charge in [-0.2, -0.15) is 0 Å². The molecule has 2 rings (SSSR count). The number of ether oxygens (including phenoxy) is 1. The molecule has 24 heavy (non-hydrogen) atoms. The summed E-state index contributed by atoms with van der Waals surface area (Å²) in [5, 5.41) is 13.2. The molecule has 7 nitrogen and oxygen atoms in total. The smallest absolute Gasteiger partial charge is 0.341 e. The Morgan fingerprint density at radius 1 is 1.25 bits per heavy atom. The summed E-state index contributed by atoms with van der Waals surface area (Å²) >= 11 is 5.57. The molecule has 0 bridgehead atoms. The summed E-state index contributed by atoms with van der Waals surface area (Å²) in [5.41, 5.74) is -0.722. The van der Waals surface area contributed by atoms with Crippen LogP contribution in [-0.4, -0.2) is 23.4 Å². The highest BCUT2D eigenvalue weighted by Crippen LogP contribution is 2.23. The lowest BCUT2D eigenvalue weighted by molar-refractivity contribution is -0.383. The van der Waals surface area contributed by atoms with Crippen molar-refractivity contribution in [2.45, 2.75) is 0 Å². The van der Waals surface area contributed by atoms with Gasteiger partial charge in [0.05, 0.1) is 10.5 Å². The van der Waals surface area contributed by atoms with Crippen LogP contribution < -0.4 is 5.32 Å². The number of hydrogen-bond donors (Lipinski definition) is 1. The summed E-state index contributed by atoms with van der Waals surface area (Å²) in [5.74, 6) is -2.74. The molecule has 0 heterocycles. The van der Waals surface area contributed by atoms with Crippen LogP contribution in [0, 0.1) is 15.9 Å². The predicted molar refractivity (Wildman–Crippen MR) is 83.4 cm³/mol. The van der Waals surface area contributed by atoms with Crippen LogP contribution in [0.2, 0.25) is 5.02 Å². The van der Waals surface area contributed by atoms with Gasteiger partial charge in [0.1, 0.15) is 11.5 Å². The van der Waals surface area contributed by atoms with Gasteiger partial charge in [-0.05, 0) is 24.3 Å². The highest BCUT2D eigenvalue weighted by Gasteiger charge is 2.18. The first-order valence-electron chi connectivity index (χ1n) is 6.54. The molecule has 0 aliphatic heterocycles. The van der Waals surface area contributed by atoms with Crippen LogP contribution in [0.3, 0.4) is 0 Å². The molecule has 0 aliphatic rings. The van der Waals surface area contributed by atoms with Gasteiger partial charge in [-0.1, -0.05) is 23.7 Å². The number of nitrogens with one attached hydrogen (secondary N) is 1. The molecular formula is C15H10ClFN2O5. The number of nitro benzene ring substituents is 1. The lowest BCUT2D eigenvalue weighted by Crippen LogP contribution is -2.21. The van der Waals surface area contributed by atoms with E-state index in [1.165, 1.54) is 30.3 Å². The topological polar surface area (TPSA) is 98.5 Å². The fourth-order valence-electron chi connectivity index (χ4n) is 1.79. The Morgan fingerprint density at radius 3 is 2.62 bits per heavy atom. The lowest BCUT2D eigenvalue weighted by Gasteiger charge is -2.07. The normalized spacial score (nSPS) is 10.1. The second-order valence-electron chi connectivity index (χ2n) is 4.52. The zero-order valence-electron chi connectivity index (χ0n) is 12.0. The molecule has 0 aromatic heterocycles. The summed E-state index contributed by atoms with van der Waals surface area (Å²) in [6.07, 6.45) is 0. The summed E-state index contributed by atoms with van der Waals surface area (Å²) in [6.45, 7) is -0.729. The van der Waals surface area contributed by atoms with Gasteiger partial charge in [0.15, 0.2) is 6.61 Å². The maximum atomic E-state index is 13.6. The van der Waals surface area contributed by atoms with Gasteiger partial charge in [0.2, 0.25) is 0 Å². The van der Waals surface area contributed by atoms with Crippen LogP contribution >= 0.6 is 11.6 Å². The summed E-state index contributed by atoms with van der Waals surface area (Å²) in [6, 6.07) is 8.84. The molecule has 0 aliphatic carbocycles. The molecule has 1 amide bonds. The van der Waals surface area contributed by atoms with Gasteiger partial charge in [-0.25, -0.2) is 9.18 Å².